The normalized spacial score (nSPS) is 22.8. The Hall–Kier alpha value is -1.60. The summed E-state index contributed by atoms with van der Waals surface area (Å²) in [5.41, 5.74) is 0. The lowest BCUT2D eigenvalue weighted by Gasteiger charge is -2.32. The molecule has 0 spiro atoms. The zero-order chi connectivity index (χ0) is 19.3. The Bertz CT molecular complexity index is 725. The number of carbonyl (C=O) groups is 1. The summed E-state index contributed by atoms with van der Waals surface area (Å²) in [6.07, 6.45) is 8.32. The Kier molecular flexibility index (Phi) is 6.76. The van der Waals surface area contributed by atoms with Crippen LogP contribution in [0.4, 0.5) is 0 Å². The van der Waals surface area contributed by atoms with Crippen LogP contribution in [0.15, 0.2) is 29.2 Å². The van der Waals surface area contributed by atoms with Crippen molar-refractivity contribution < 1.29 is 17.9 Å². The van der Waals surface area contributed by atoms with E-state index in [1.807, 2.05) is 0 Å². The van der Waals surface area contributed by atoms with E-state index in [2.05, 4.69) is 5.32 Å². The van der Waals surface area contributed by atoms with Crippen LogP contribution in [0.5, 0.6) is 5.75 Å². The van der Waals surface area contributed by atoms with E-state index >= 15 is 0 Å². The maximum absolute atomic E-state index is 12.9. The highest BCUT2D eigenvalue weighted by Gasteiger charge is 2.34. The first kappa shape index (κ1) is 20.1. The second-order valence-corrected chi connectivity index (χ2v) is 9.51. The summed E-state index contributed by atoms with van der Waals surface area (Å²) < 4.78 is 32.4. The molecule has 1 aliphatic heterocycles. The SMILES string of the molecule is COc1ccc(S(=O)(=O)N2CCCC(C(=O)NC3CCCCCC3)C2)cc1. The lowest BCUT2D eigenvalue weighted by Crippen LogP contribution is -2.47. The van der Waals surface area contributed by atoms with Crippen LogP contribution in [0, 0.1) is 5.92 Å². The van der Waals surface area contributed by atoms with Gasteiger partial charge < -0.3 is 10.1 Å². The largest absolute Gasteiger partial charge is 0.497 e. The Labute approximate surface area is 162 Å². The third kappa shape index (κ3) is 5.02. The molecule has 150 valence electrons. The van der Waals surface area contributed by atoms with Crippen LogP contribution < -0.4 is 10.1 Å². The minimum Gasteiger partial charge on any atom is -0.497 e. The predicted molar refractivity (Wildman–Crippen MR) is 104 cm³/mol. The monoisotopic (exact) mass is 394 g/mol. The number of amides is 1. The fourth-order valence-corrected chi connectivity index (χ4v) is 5.54. The van der Waals surface area contributed by atoms with Gasteiger partial charge in [-0.1, -0.05) is 25.7 Å². The van der Waals surface area contributed by atoms with Crippen LogP contribution in [0.25, 0.3) is 0 Å². The van der Waals surface area contributed by atoms with E-state index in [1.165, 1.54) is 17.1 Å². The molecule has 1 aromatic carbocycles. The van der Waals surface area contributed by atoms with Crippen LogP contribution in [-0.2, 0) is 14.8 Å². The van der Waals surface area contributed by atoms with E-state index < -0.39 is 10.0 Å². The molecule has 2 aliphatic rings. The third-order valence-electron chi connectivity index (χ3n) is 5.65. The highest BCUT2D eigenvalue weighted by Crippen LogP contribution is 2.26. The molecule has 7 heteroatoms. The number of hydrogen-bond acceptors (Lipinski definition) is 4. The van der Waals surface area contributed by atoms with Gasteiger partial charge in [-0.3, -0.25) is 4.79 Å². The van der Waals surface area contributed by atoms with Crippen molar-refractivity contribution in [3.05, 3.63) is 24.3 Å². The second kappa shape index (κ2) is 9.06. The van der Waals surface area contributed by atoms with Gasteiger partial charge in [0, 0.05) is 19.1 Å². The molecule has 0 bridgehead atoms. The van der Waals surface area contributed by atoms with Crippen LogP contribution in [0.1, 0.15) is 51.4 Å². The molecule has 3 rings (SSSR count). The third-order valence-corrected chi connectivity index (χ3v) is 7.53. The average Bonchev–Trinajstić information content (AvgIpc) is 2.96. The fraction of sp³-hybridized carbons (Fsp3) is 0.650. The van der Waals surface area contributed by atoms with E-state index in [1.54, 1.807) is 31.4 Å². The molecule has 0 radical (unpaired) electrons. The standard InChI is InChI=1S/C20H30N2O4S/c1-26-18-10-12-19(13-11-18)27(24,25)22-14-6-7-16(15-22)20(23)21-17-8-4-2-3-5-9-17/h10-13,16-17H,2-9,14-15H2,1H3,(H,21,23). The average molecular weight is 395 g/mol. The van der Waals surface area contributed by atoms with Gasteiger partial charge in [-0.05, 0) is 49.9 Å². The van der Waals surface area contributed by atoms with Crippen LogP contribution in [-0.4, -0.2) is 44.9 Å². The Balaban J connectivity index is 1.64. The predicted octanol–water partition coefficient (Wildman–Crippen LogP) is 2.93. The number of hydrogen-bond donors (Lipinski definition) is 1. The Morgan fingerprint density at radius 2 is 1.70 bits per heavy atom. The van der Waals surface area contributed by atoms with Gasteiger partial charge in [-0.2, -0.15) is 4.31 Å². The highest BCUT2D eigenvalue weighted by molar-refractivity contribution is 7.89. The zero-order valence-corrected chi connectivity index (χ0v) is 16.8. The number of carbonyl (C=O) groups excluding carboxylic acids is 1. The molecule has 1 heterocycles. The van der Waals surface area contributed by atoms with Crippen LogP contribution in [0.3, 0.4) is 0 Å². The van der Waals surface area contributed by atoms with E-state index in [-0.39, 0.29) is 29.3 Å². The summed E-state index contributed by atoms with van der Waals surface area (Å²) in [4.78, 5) is 13.0. The lowest BCUT2D eigenvalue weighted by atomic mass is 9.97. The van der Waals surface area contributed by atoms with E-state index in [4.69, 9.17) is 4.74 Å². The number of benzene rings is 1. The number of piperidine rings is 1. The molecule has 2 fully saturated rings. The Morgan fingerprint density at radius 1 is 1.04 bits per heavy atom. The zero-order valence-electron chi connectivity index (χ0n) is 16.0. The maximum Gasteiger partial charge on any atom is 0.243 e. The van der Waals surface area contributed by atoms with Gasteiger partial charge in [0.15, 0.2) is 0 Å². The molecule has 6 nitrogen and oxygen atoms in total. The number of sulfonamides is 1. The van der Waals surface area contributed by atoms with Gasteiger partial charge in [-0.25, -0.2) is 8.42 Å². The molecule has 1 aromatic rings. The molecule has 1 N–H and O–H groups in total. The number of methoxy groups -OCH3 is 1. The minimum atomic E-state index is -3.59. The molecule has 1 atom stereocenters. The fourth-order valence-electron chi connectivity index (χ4n) is 4.01. The van der Waals surface area contributed by atoms with Crippen LogP contribution >= 0.6 is 0 Å². The quantitative estimate of drug-likeness (QED) is 0.779. The summed E-state index contributed by atoms with van der Waals surface area (Å²) >= 11 is 0. The van der Waals surface area contributed by atoms with E-state index in [0.717, 1.165) is 32.1 Å². The summed E-state index contributed by atoms with van der Waals surface area (Å²) in [5, 5.41) is 3.18. The molecule has 0 aromatic heterocycles. The van der Waals surface area contributed by atoms with Gasteiger partial charge in [0.05, 0.1) is 17.9 Å². The first-order chi connectivity index (χ1) is 13.0. The van der Waals surface area contributed by atoms with E-state index in [0.29, 0.717) is 18.7 Å². The van der Waals surface area contributed by atoms with Crippen molar-refractivity contribution in [3.63, 3.8) is 0 Å². The summed E-state index contributed by atoms with van der Waals surface area (Å²) in [7, 11) is -2.05. The highest BCUT2D eigenvalue weighted by atomic mass is 32.2. The molecular formula is C20H30N2O4S. The van der Waals surface area contributed by atoms with Gasteiger partial charge in [0.2, 0.25) is 15.9 Å². The molecule has 1 saturated carbocycles. The maximum atomic E-state index is 12.9. The van der Waals surface area contributed by atoms with Gasteiger partial charge >= 0.3 is 0 Å². The minimum absolute atomic E-state index is 0.0107. The van der Waals surface area contributed by atoms with E-state index in [9.17, 15) is 13.2 Å². The van der Waals surface area contributed by atoms with Gasteiger partial charge in [-0.15, -0.1) is 0 Å². The van der Waals surface area contributed by atoms with Crippen molar-refractivity contribution in [3.8, 4) is 5.75 Å². The van der Waals surface area contributed by atoms with Crippen molar-refractivity contribution in [1.82, 2.24) is 9.62 Å². The van der Waals surface area contributed by atoms with Gasteiger partial charge in [0.25, 0.3) is 0 Å². The topological polar surface area (TPSA) is 75.7 Å². The second-order valence-electron chi connectivity index (χ2n) is 7.57. The number of rotatable bonds is 5. The van der Waals surface area contributed by atoms with Crippen molar-refractivity contribution in [1.29, 1.82) is 0 Å². The van der Waals surface area contributed by atoms with Crippen molar-refractivity contribution >= 4 is 15.9 Å². The molecule has 1 aliphatic carbocycles. The first-order valence-corrected chi connectivity index (χ1v) is 11.4. The molecule has 1 saturated heterocycles. The number of nitrogens with one attached hydrogen (secondary N) is 1. The molecule has 1 amide bonds. The molecular weight excluding hydrogens is 364 g/mol. The van der Waals surface area contributed by atoms with Gasteiger partial charge in [0.1, 0.15) is 5.75 Å². The molecule has 1 unspecified atom stereocenters. The first-order valence-electron chi connectivity index (χ1n) is 9.95. The number of ether oxygens (including phenoxy) is 1. The van der Waals surface area contributed by atoms with Crippen molar-refractivity contribution in [2.45, 2.75) is 62.3 Å². The summed E-state index contributed by atoms with van der Waals surface area (Å²) in [6.45, 7) is 0.717. The molecule has 27 heavy (non-hydrogen) atoms. The number of nitrogens with zero attached hydrogens (tertiary/aromatic N) is 1. The van der Waals surface area contributed by atoms with Crippen molar-refractivity contribution in [2.24, 2.45) is 5.92 Å². The lowest BCUT2D eigenvalue weighted by molar-refractivity contribution is -0.126. The van der Waals surface area contributed by atoms with Crippen LogP contribution in [0.2, 0.25) is 0 Å². The van der Waals surface area contributed by atoms with Crippen molar-refractivity contribution in [2.75, 3.05) is 20.2 Å². The Morgan fingerprint density at radius 3 is 2.33 bits per heavy atom. The summed E-state index contributed by atoms with van der Waals surface area (Å²) in [5.74, 6) is 0.361. The smallest absolute Gasteiger partial charge is 0.243 e. The summed E-state index contributed by atoms with van der Waals surface area (Å²) in [6, 6.07) is 6.65.